The first-order chi connectivity index (χ1) is 9.95. The van der Waals surface area contributed by atoms with Crippen molar-refractivity contribution in [2.75, 3.05) is 45.1 Å². The van der Waals surface area contributed by atoms with Crippen LogP contribution in [0.2, 0.25) is 5.02 Å². The molecule has 1 aliphatic rings. The van der Waals surface area contributed by atoms with E-state index >= 15 is 0 Å². The second-order valence-corrected chi connectivity index (χ2v) is 5.53. The van der Waals surface area contributed by atoms with Gasteiger partial charge < -0.3 is 15.3 Å². The van der Waals surface area contributed by atoms with E-state index in [1.165, 1.54) is 18.2 Å². The van der Waals surface area contributed by atoms with Crippen LogP contribution in [0.15, 0.2) is 18.2 Å². The zero-order chi connectivity index (χ0) is 15.4. The normalized spacial score (nSPS) is 16.7. The molecule has 0 saturated carbocycles. The summed E-state index contributed by atoms with van der Waals surface area (Å²) in [4.78, 5) is 27.2. The van der Waals surface area contributed by atoms with Crippen LogP contribution in [0.1, 0.15) is 10.4 Å². The second kappa shape index (κ2) is 6.89. The Balaban J connectivity index is 1.96. The summed E-state index contributed by atoms with van der Waals surface area (Å²) in [6.07, 6.45) is 0. The molecule has 2 N–H and O–H groups in total. The molecular weight excluding hydrogens is 294 g/mol. The van der Waals surface area contributed by atoms with Gasteiger partial charge in [-0.25, -0.2) is 4.79 Å². The molecule has 0 aliphatic carbocycles. The Hall–Kier alpha value is -1.63. The number of rotatable bonds is 4. The van der Waals surface area contributed by atoms with Gasteiger partial charge in [0.25, 0.3) is 0 Å². The minimum atomic E-state index is -1.05. The highest BCUT2D eigenvalue weighted by atomic mass is 35.5. The molecular formula is C14H18ClN3O3. The molecule has 0 aromatic heterocycles. The quantitative estimate of drug-likeness (QED) is 0.875. The van der Waals surface area contributed by atoms with Gasteiger partial charge in [0.05, 0.1) is 22.8 Å². The van der Waals surface area contributed by atoms with E-state index in [9.17, 15) is 9.59 Å². The topological polar surface area (TPSA) is 72.9 Å². The second-order valence-electron chi connectivity index (χ2n) is 5.13. The molecule has 1 aliphatic heterocycles. The van der Waals surface area contributed by atoms with Gasteiger partial charge in [-0.05, 0) is 25.2 Å². The lowest BCUT2D eigenvalue weighted by Crippen LogP contribution is -2.47. The number of anilines is 1. The Morgan fingerprint density at radius 3 is 2.57 bits per heavy atom. The van der Waals surface area contributed by atoms with Crippen LogP contribution < -0.4 is 5.32 Å². The highest BCUT2D eigenvalue weighted by molar-refractivity contribution is 6.33. The molecule has 1 aromatic carbocycles. The fourth-order valence-corrected chi connectivity index (χ4v) is 2.32. The van der Waals surface area contributed by atoms with Crippen molar-refractivity contribution < 1.29 is 14.7 Å². The van der Waals surface area contributed by atoms with E-state index in [1.54, 1.807) is 0 Å². The molecule has 0 atom stereocenters. The fraction of sp³-hybridized carbons (Fsp3) is 0.429. The number of carboxylic acid groups (broad SMARTS) is 1. The minimum Gasteiger partial charge on any atom is -0.478 e. The van der Waals surface area contributed by atoms with E-state index in [-0.39, 0.29) is 18.0 Å². The van der Waals surface area contributed by atoms with Gasteiger partial charge >= 0.3 is 5.97 Å². The third-order valence-corrected chi connectivity index (χ3v) is 3.78. The number of likely N-dealkylation sites (N-methyl/N-ethyl adjacent to an activating group) is 1. The zero-order valence-corrected chi connectivity index (χ0v) is 12.6. The number of carbonyl (C=O) groups excluding carboxylic acids is 1. The number of hydrogen-bond donors (Lipinski definition) is 2. The first-order valence-electron chi connectivity index (χ1n) is 6.69. The van der Waals surface area contributed by atoms with E-state index in [2.05, 4.69) is 22.2 Å². The van der Waals surface area contributed by atoms with E-state index in [0.29, 0.717) is 10.7 Å². The summed E-state index contributed by atoms with van der Waals surface area (Å²) >= 11 is 5.98. The SMILES string of the molecule is CN1CCN(CC(=O)Nc2cc(C(=O)O)ccc2Cl)CC1. The molecule has 0 radical (unpaired) electrons. The highest BCUT2D eigenvalue weighted by Gasteiger charge is 2.17. The zero-order valence-electron chi connectivity index (χ0n) is 11.8. The number of amides is 1. The van der Waals surface area contributed by atoms with Crippen LogP contribution >= 0.6 is 11.6 Å². The molecule has 2 rings (SSSR count). The molecule has 1 amide bonds. The number of piperazine rings is 1. The predicted molar refractivity (Wildman–Crippen MR) is 81.0 cm³/mol. The number of benzene rings is 1. The van der Waals surface area contributed by atoms with Crippen molar-refractivity contribution in [3.05, 3.63) is 28.8 Å². The van der Waals surface area contributed by atoms with Crippen LogP contribution in [0.3, 0.4) is 0 Å². The van der Waals surface area contributed by atoms with Gasteiger partial charge in [0, 0.05) is 26.2 Å². The van der Waals surface area contributed by atoms with Crippen LogP contribution in [-0.4, -0.2) is 66.6 Å². The Morgan fingerprint density at radius 1 is 1.29 bits per heavy atom. The Morgan fingerprint density at radius 2 is 1.95 bits per heavy atom. The molecule has 6 nitrogen and oxygen atoms in total. The van der Waals surface area contributed by atoms with Gasteiger partial charge in [-0.3, -0.25) is 9.69 Å². The van der Waals surface area contributed by atoms with Gasteiger partial charge in [0.2, 0.25) is 5.91 Å². The molecule has 1 heterocycles. The third kappa shape index (κ3) is 4.42. The largest absolute Gasteiger partial charge is 0.478 e. The van der Waals surface area contributed by atoms with Crippen LogP contribution in [0.4, 0.5) is 5.69 Å². The molecule has 114 valence electrons. The summed E-state index contributed by atoms with van der Waals surface area (Å²) in [6.45, 7) is 3.83. The van der Waals surface area contributed by atoms with Gasteiger partial charge in [-0.15, -0.1) is 0 Å². The van der Waals surface area contributed by atoms with Gasteiger partial charge in [0.1, 0.15) is 0 Å². The smallest absolute Gasteiger partial charge is 0.335 e. The van der Waals surface area contributed by atoms with Crippen molar-refractivity contribution >= 4 is 29.2 Å². The molecule has 0 spiro atoms. The van der Waals surface area contributed by atoms with Crippen molar-refractivity contribution in [3.63, 3.8) is 0 Å². The Labute approximate surface area is 128 Å². The van der Waals surface area contributed by atoms with Crippen molar-refractivity contribution in [3.8, 4) is 0 Å². The Kier molecular flexibility index (Phi) is 5.17. The average molecular weight is 312 g/mol. The first-order valence-corrected chi connectivity index (χ1v) is 7.07. The fourth-order valence-electron chi connectivity index (χ4n) is 2.15. The number of nitrogens with zero attached hydrogens (tertiary/aromatic N) is 2. The number of hydrogen-bond acceptors (Lipinski definition) is 4. The van der Waals surface area contributed by atoms with Crippen molar-refractivity contribution in [1.29, 1.82) is 0 Å². The van der Waals surface area contributed by atoms with Crippen molar-refractivity contribution in [2.45, 2.75) is 0 Å². The maximum Gasteiger partial charge on any atom is 0.335 e. The van der Waals surface area contributed by atoms with Crippen LogP contribution in [0.25, 0.3) is 0 Å². The molecule has 0 unspecified atom stereocenters. The molecule has 1 aromatic rings. The summed E-state index contributed by atoms with van der Waals surface area (Å²) < 4.78 is 0. The molecule has 0 bridgehead atoms. The molecule has 1 fully saturated rings. The molecule has 1 saturated heterocycles. The van der Waals surface area contributed by atoms with Gasteiger partial charge in [-0.1, -0.05) is 11.6 Å². The van der Waals surface area contributed by atoms with E-state index in [0.717, 1.165) is 26.2 Å². The van der Waals surface area contributed by atoms with Crippen LogP contribution in [-0.2, 0) is 4.79 Å². The highest BCUT2D eigenvalue weighted by Crippen LogP contribution is 2.23. The molecule has 7 heteroatoms. The summed E-state index contributed by atoms with van der Waals surface area (Å²) in [5, 5.41) is 12.0. The minimum absolute atomic E-state index is 0.0919. The number of carboxylic acids is 1. The predicted octanol–water partition coefficient (Wildman–Crippen LogP) is 1.22. The summed E-state index contributed by atoms with van der Waals surface area (Å²) in [5.41, 5.74) is 0.421. The van der Waals surface area contributed by atoms with E-state index in [4.69, 9.17) is 16.7 Å². The average Bonchev–Trinajstić information content (AvgIpc) is 2.43. The lowest BCUT2D eigenvalue weighted by Gasteiger charge is -2.31. The lowest BCUT2D eigenvalue weighted by atomic mass is 10.2. The molecule has 21 heavy (non-hydrogen) atoms. The van der Waals surface area contributed by atoms with E-state index < -0.39 is 5.97 Å². The maximum absolute atomic E-state index is 12.0. The monoisotopic (exact) mass is 311 g/mol. The lowest BCUT2D eigenvalue weighted by molar-refractivity contribution is -0.117. The number of nitrogens with one attached hydrogen (secondary N) is 1. The Bertz CT molecular complexity index is 542. The van der Waals surface area contributed by atoms with Crippen LogP contribution in [0.5, 0.6) is 0 Å². The van der Waals surface area contributed by atoms with Crippen molar-refractivity contribution in [1.82, 2.24) is 9.80 Å². The maximum atomic E-state index is 12.0. The number of halogens is 1. The standard InChI is InChI=1S/C14H18ClN3O3/c1-17-4-6-18(7-5-17)9-13(19)16-12-8-10(14(20)21)2-3-11(12)15/h2-3,8H,4-7,9H2,1H3,(H,16,19)(H,20,21). The van der Waals surface area contributed by atoms with Gasteiger partial charge in [-0.2, -0.15) is 0 Å². The third-order valence-electron chi connectivity index (χ3n) is 3.45. The number of aromatic carboxylic acids is 1. The van der Waals surface area contributed by atoms with Gasteiger partial charge in [0.15, 0.2) is 0 Å². The number of carbonyl (C=O) groups is 2. The summed E-state index contributed by atoms with van der Waals surface area (Å²) in [5.74, 6) is -1.25. The summed E-state index contributed by atoms with van der Waals surface area (Å²) in [7, 11) is 2.05. The van der Waals surface area contributed by atoms with Crippen LogP contribution in [0, 0.1) is 0 Å². The van der Waals surface area contributed by atoms with Crippen molar-refractivity contribution in [2.24, 2.45) is 0 Å². The van der Waals surface area contributed by atoms with E-state index in [1.807, 2.05) is 0 Å². The first kappa shape index (κ1) is 15.8. The summed E-state index contributed by atoms with van der Waals surface area (Å²) in [6, 6.07) is 4.24.